The molecule has 0 amide bonds. The Morgan fingerprint density at radius 2 is 1.80 bits per heavy atom. The first-order valence-electron chi connectivity index (χ1n) is 7.31. The molecule has 0 spiro atoms. The third-order valence-electron chi connectivity index (χ3n) is 3.94. The Bertz CT molecular complexity index is 659. The third-order valence-corrected chi connectivity index (χ3v) is 5.18. The van der Waals surface area contributed by atoms with E-state index in [0.29, 0.717) is 0 Å². The summed E-state index contributed by atoms with van der Waals surface area (Å²) in [7, 11) is 0. The molecule has 2 heterocycles. The highest BCUT2D eigenvalue weighted by Gasteiger charge is 2.34. The van der Waals surface area contributed by atoms with Gasteiger partial charge in [-0.1, -0.05) is 23.7 Å². The Morgan fingerprint density at radius 1 is 1.12 bits per heavy atom. The van der Waals surface area contributed by atoms with Gasteiger partial charge < -0.3 is 5.32 Å². The minimum atomic E-state index is -4.43. The van der Waals surface area contributed by atoms with E-state index >= 15 is 0 Å². The Morgan fingerprint density at radius 3 is 2.32 bits per heavy atom. The van der Waals surface area contributed by atoms with E-state index in [9.17, 15) is 13.2 Å². The van der Waals surface area contributed by atoms with Crippen LogP contribution < -0.4 is 5.32 Å². The Hall–Kier alpha value is -0.500. The van der Waals surface area contributed by atoms with E-state index in [1.165, 1.54) is 6.07 Å². The zero-order valence-corrected chi connectivity index (χ0v) is 16.3. The topological polar surface area (TPSA) is 15.3 Å². The summed E-state index contributed by atoms with van der Waals surface area (Å²) in [6, 6.07) is 8.00. The van der Waals surface area contributed by atoms with Crippen molar-refractivity contribution in [3.8, 4) is 0 Å². The van der Waals surface area contributed by atoms with Crippen LogP contribution in [0.5, 0.6) is 0 Å². The number of hydrogen-bond donors (Lipinski definition) is 1. The van der Waals surface area contributed by atoms with Crippen molar-refractivity contribution in [1.82, 2.24) is 10.2 Å². The van der Waals surface area contributed by atoms with E-state index in [2.05, 4.69) is 10.2 Å². The first-order chi connectivity index (χ1) is 11.0. The molecule has 1 atom stereocenters. The lowest BCUT2D eigenvalue weighted by Gasteiger charge is -2.35. The summed E-state index contributed by atoms with van der Waals surface area (Å²) in [5.74, 6) is 0. The van der Waals surface area contributed by atoms with Gasteiger partial charge in [-0.2, -0.15) is 13.2 Å². The molecule has 0 unspecified atom stereocenters. The Balaban J connectivity index is 0.00000156. The molecule has 0 aliphatic carbocycles. The molecule has 0 radical (unpaired) electrons. The second kappa shape index (κ2) is 9.44. The van der Waals surface area contributed by atoms with Crippen LogP contribution in [0.25, 0.3) is 0 Å². The number of thiophene rings is 1. The van der Waals surface area contributed by atoms with Crippen molar-refractivity contribution < 1.29 is 13.2 Å². The number of rotatable bonds is 3. The highest BCUT2D eigenvalue weighted by molar-refractivity contribution is 7.10. The van der Waals surface area contributed by atoms with Crippen LogP contribution >= 0.6 is 47.8 Å². The van der Waals surface area contributed by atoms with Gasteiger partial charge in [0.25, 0.3) is 0 Å². The predicted octanol–water partition coefficient (Wildman–Crippen LogP) is 5.26. The molecule has 1 aromatic carbocycles. The molecule has 140 valence electrons. The third kappa shape index (κ3) is 5.25. The SMILES string of the molecule is Cl.Cl.FC(F)(F)c1ccc([C@@H](c2cccs2)N2CCNCC2)cc1Cl. The molecule has 2 aromatic rings. The van der Waals surface area contributed by atoms with Gasteiger partial charge >= 0.3 is 6.18 Å². The van der Waals surface area contributed by atoms with Crippen LogP contribution in [-0.2, 0) is 6.18 Å². The lowest BCUT2D eigenvalue weighted by atomic mass is 10.0. The summed E-state index contributed by atoms with van der Waals surface area (Å²) in [4.78, 5) is 3.39. The summed E-state index contributed by atoms with van der Waals surface area (Å²) in [5, 5.41) is 5.03. The Kier molecular flexibility index (Phi) is 8.51. The second-order valence-electron chi connectivity index (χ2n) is 5.44. The highest BCUT2D eigenvalue weighted by atomic mass is 35.5. The smallest absolute Gasteiger partial charge is 0.314 e. The average molecular weight is 434 g/mol. The maximum absolute atomic E-state index is 12.9. The molecule has 0 bridgehead atoms. The van der Waals surface area contributed by atoms with Gasteiger partial charge in [-0.15, -0.1) is 36.2 Å². The molecule has 1 saturated heterocycles. The first kappa shape index (κ1) is 22.5. The van der Waals surface area contributed by atoms with E-state index in [1.807, 2.05) is 17.5 Å². The van der Waals surface area contributed by atoms with Gasteiger partial charge in [-0.3, -0.25) is 4.90 Å². The van der Waals surface area contributed by atoms with Crippen LogP contribution in [0.3, 0.4) is 0 Å². The molecular formula is C16H18Cl3F3N2S. The van der Waals surface area contributed by atoms with Gasteiger partial charge in [0.05, 0.1) is 16.6 Å². The first-order valence-corrected chi connectivity index (χ1v) is 8.57. The van der Waals surface area contributed by atoms with E-state index in [0.717, 1.165) is 42.7 Å². The maximum Gasteiger partial charge on any atom is 0.417 e. The molecular weight excluding hydrogens is 416 g/mol. The summed E-state index contributed by atoms with van der Waals surface area (Å²) < 4.78 is 38.7. The number of nitrogens with one attached hydrogen (secondary N) is 1. The second-order valence-corrected chi connectivity index (χ2v) is 6.83. The largest absolute Gasteiger partial charge is 0.417 e. The maximum atomic E-state index is 12.9. The van der Waals surface area contributed by atoms with E-state index < -0.39 is 11.7 Å². The Labute approximate surface area is 166 Å². The quantitative estimate of drug-likeness (QED) is 0.710. The van der Waals surface area contributed by atoms with Crippen LogP contribution in [0.4, 0.5) is 13.2 Å². The monoisotopic (exact) mass is 432 g/mol. The van der Waals surface area contributed by atoms with E-state index in [-0.39, 0.29) is 35.9 Å². The molecule has 1 fully saturated rings. The number of benzene rings is 1. The van der Waals surface area contributed by atoms with Crippen molar-refractivity contribution in [2.24, 2.45) is 0 Å². The fourth-order valence-electron chi connectivity index (χ4n) is 2.87. The molecule has 1 aliphatic heterocycles. The minimum Gasteiger partial charge on any atom is -0.314 e. The van der Waals surface area contributed by atoms with Gasteiger partial charge in [-0.25, -0.2) is 0 Å². The van der Waals surface area contributed by atoms with Crippen molar-refractivity contribution in [2.75, 3.05) is 26.2 Å². The predicted molar refractivity (Wildman–Crippen MR) is 102 cm³/mol. The van der Waals surface area contributed by atoms with E-state index in [1.54, 1.807) is 17.4 Å². The average Bonchev–Trinajstić information content (AvgIpc) is 3.01. The fraction of sp³-hybridized carbons (Fsp3) is 0.375. The number of alkyl halides is 3. The minimum absolute atomic E-state index is 0. The molecule has 3 rings (SSSR count). The molecule has 1 aromatic heterocycles. The summed E-state index contributed by atoms with van der Waals surface area (Å²) in [6.07, 6.45) is -4.43. The number of nitrogens with zero attached hydrogens (tertiary/aromatic N) is 1. The lowest BCUT2D eigenvalue weighted by molar-refractivity contribution is -0.137. The zero-order valence-electron chi connectivity index (χ0n) is 13.1. The number of hydrogen-bond acceptors (Lipinski definition) is 3. The number of halogens is 6. The fourth-order valence-corrected chi connectivity index (χ4v) is 4.06. The number of piperazine rings is 1. The van der Waals surface area contributed by atoms with Gasteiger partial charge in [0.15, 0.2) is 0 Å². The molecule has 2 nitrogen and oxygen atoms in total. The van der Waals surface area contributed by atoms with Crippen molar-refractivity contribution >= 4 is 47.8 Å². The molecule has 0 saturated carbocycles. The van der Waals surface area contributed by atoms with Crippen LogP contribution in [0, 0.1) is 0 Å². The zero-order chi connectivity index (χ0) is 16.4. The van der Waals surface area contributed by atoms with Gasteiger partial charge in [0.1, 0.15) is 0 Å². The highest BCUT2D eigenvalue weighted by Crippen LogP contribution is 2.38. The molecule has 25 heavy (non-hydrogen) atoms. The van der Waals surface area contributed by atoms with Crippen LogP contribution in [0.1, 0.15) is 22.0 Å². The van der Waals surface area contributed by atoms with Gasteiger partial charge in [0.2, 0.25) is 0 Å². The molecule has 1 aliphatic rings. The van der Waals surface area contributed by atoms with Crippen molar-refractivity contribution in [1.29, 1.82) is 0 Å². The lowest BCUT2D eigenvalue weighted by Crippen LogP contribution is -2.45. The normalized spacial score (nSPS) is 16.6. The van der Waals surface area contributed by atoms with Gasteiger partial charge in [-0.05, 0) is 29.1 Å². The molecule has 1 N–H and O–H groups in total. The standard InChI is InChI=1S/C16H16ClF3N2S.2ClH/c17-13-10-11(3-4-12(13)16(18,19)20)15(14-2-1-9-23-14)22-7-5-21-6-8-22;;/h1-4,9-10,15,21H,5-8H2;2*1H/t15-;;/m0../s1. The van der Waals surface area contributed by atoms with Crippen LogP contribution in [0.15, 0.2) is 35.7 Å². The molecule has 9 heteroatoms. The van der Waals surface area contributed by atoms with Crippen molar-refractivity contribution in [2.45, 2.75) is 12.2 Å². The summed E-state index contributed by atoms with van der Waals surface area (Å²) >= 11 is 7.52. The summed E-state index contributed by atoms with van der Waals surface area (Å²) in [5.41, 5.74) is 0.0144. The van der Waals surface area contributed by atoms with Crippen molar-refractivity contribution in [3.63, 3.8) is 0 Å². The van der Waals surface area contributed by atoms with Crippen LogP contribution in [0.2, 0.25) is 5.02 Å². The summed E-state index contributed by atoms with van der Waals surface area (Å²) in [6.45, 7) is 3.44. The van der Waals surface area contributed by atoms with Gasteiger partial charge in [0, 0.05) is 31.1 Å². The van der Waals surface area contributed by atoms with Crippen molar-refractivity contribution in [3.05, 3.63) is 56.7 Å². The van der Waals surface area contributed by atoms with E-state index in [4.69, 9.17) is 11.6 Å². The van der Waals surface area contributed by atoms with Crippen LogP contribution in [-0.4, -0.2) is 31.1 Å².